The first kappa shape index (κ1) is 15.0. The molecule has 0 saturated heterocycles. The van der Waals surface area contributed by atoms with E-state index in [1.807, 2.05) is 6.07 Å². The first-order valence-corrected chi connectivity index (χ1v) is 8.41. The average Bonchev–Trinajstić information content (AvgIpc) is 2.78. The maximum absolute atomic E-state index is 6.42. The Labute approximate surface area is 132 Å². The van der Waals surface area contributed by atoms with E-state index in [0.717, 1.165) is 28.0 Å². The molecule has 0 spiro atoms. The van der Waals surface area contributed by atoms with E-state index >= 15 is 0 Å². The summed E-state index contributed by atoms with van der Waals surface area (Å²) in [6.07, 6.45) is 1.10. The Balaban J connectivity index is 2.40. The molecule has 2 aromatic rings. The summed E-state index contributed by atoms with van der Waals surface area (Å²) in [6, 6.07) is 8.50. The quantitative estimate of drug-likeness (QED) is 0.737. The molecular formula is C15H17BrClNS. The molecule has 102 valence electrons. The number of halogens is 2. The monoisotopic (exact) mass is 357 g/mol. The Hall–Kier alpha value is -0.350. The maximum Gasteiger partial charge on any atom is 0.0697 e. The fourth-order valence-corrected chi connectivity index (χ4v) is 4.05. The summed E-state index contributed by atoms with van der Waals surface area (Å²) in [5.41, 5.74) is 2.33. The second-order valence-electron chi connectivity index (χ2n) is 4.54. The SMILES string of the molecule is CCCNC(c1ccc(C)cc1Cl)c1sccc1Br. The molecule has 0 radical (unpaired) electrons. The van der Waals surface area contributed by atoms with Crippen LogP contribution in [-0.2, 0) is 0 Å². The molecule has 1 unspecified atom stereocenters. The maximum atomic E-state index is 6.42. The van der Waals surface area contributed by atoms with Gasteiger partial charge in [0.2, 0.25) is 0 Å². The second-order valence-corrected chi connectivity index (χ2v) is 6.75. The van der Waals surface area contributed by atoms with Crippen LogP contribution in [0.2, 0.25) is 5.02 Å². The molecule has 0 bridgehead atoms. The van der Waals surface area contributed by atoms with E-state index in [0.29, 0.717) is 0 Å². The van der Waals surface area contributed by atoms with E-state index in [1.165, 1.54) is 10.4 Å². The lowest BCUT2D eigenvalue weighted by molar-refractivity contribution is 0.604. The van der Waals surface area contributed by atoms with Gasteiger partial charge in [-0.3, -0.25) is 0 Å². The van der Waals surface area contributed by atoms with Gasteiger partial charge in [0, 0.05) is 14.4 Å². The molecule has 0 aliphatic carbocycles. The molecule has 0 saturated carbocycles. The van der Waals surface area contributed by atoms with Gasteiger partial charge in [-0.1, -0.05) is 30.7 Å². The highest BCUT2D eigenvalue weighted by molar-refractivity contribution is 9.10. The molecule has 0 aliphatic rings. The van der Waals surface area contributed by atoms with Gasteiger partial charge in [0.25, 0.3) is 0 Å². The molecule has 1 heterocycles. The molecule has 1 aromatic carbocycles. The van der Waals surface area contributed by atoms with Crippen LogP contribution < -0.4 is 5.32 Å². The van der Waals surface area contributed by atoms with Crippen LogP contribution in [0.3, 0.4) is 0 Å². The van der Waals surface area contributed by atoms with Crippen LogP contribution in [0.25, 0.3) is 0 Å². The zero-order valence-electron chi connectivity index (χ0n) is 11.0. The fourth-order valence-electron chi connectivity index (χ4n) is 2.01. The third-order valence-corrected chi connectivity index (χ3v) is 5.24. The molecule has 0 aliphatic heterocycles. The lowest BCUT2D eigenvalue weighted by atomic mass is 10.0. The van der Waals surface area contributed by atoms with E-state index in [2.05, 4.69) is 58.7 Å². The van der Waals surface area contributed by atoms with Crippen LogP contribution in [0, 0.1) is 6.92 Å². The standard InChI is InChI=1S/C15H17BrClNS/c1-3-7-18-14(15-12(16)6-8-19-15)11-5-4-10(2)9-13(11)17/h4-6,8-9,14,18H,3,7H2,1-2H3. The Morgan fingerprint density at radius 3 is 2.74 bits per heavy atom. The summed E-state index contributed by atoms with van der Waals surface area (Å²) in [7, 11) is 0. The van der Waals surface area contributed by atoms with Crippen LogP contribution in [0.1, 0.15) is 35.4 Å². The van der Waals surface area contributed by atoms with E-state index in [4.69, 9.17) is 11.6 Å². The van der Waals surface area contributed by atoms with Crippen molar-refractivity contribution in [3.05, 3.63) is 55.1 Å². The number of aryl methyl sites for hydroxylation is 1. The summed E-state index contributed by atoms with van der Waals surface area (Å²) < 4.78 is 1.14. The summed E-state index contributed by atoms with van der Waals surface area (Å²) in [5.74, 6) is 0. The second kappa shape index (κ2) is 6.89. The summed E-state index contributed by atoms with van der Waals surface area (Å²) in [6.45, 7) is 5.20. The predicted molar refractivity (Wildman–Crippen MR) is 88.3 cm³/mol. The van der Waals surface area contributed by atoms with Crippen molar-refractivity contribution in [1.82, 2.24) is 5.32 Å². The molecule has 4 heteroatoms. The lowest BCUT2D eigenvalue weighted by Gasteiger charge is -2.20. The molecule has 2 rings (SSSR count). The Kier molecular flexibility index (Phi) is 5.46. The van der Waals surface area contributed by atoms with Gasteiger partial charge in [0.1, 0.15) is 0 Å². The molecule has 0 amide bonds. The zero-order valence-corrected chi connectivity index (χ0v) is 14.2. The number of thiophene rings is 1. The third kappa shape index (κ3) is 3.60. The molecule has 1 N–H and O–H groups in total. The summed E-state index contributed by atoms with van der Waals surface area (Å²) >= 11 is 11.8. The van der Waals surface area contributed by atoms with E-state index in [9.17, 15) is 0 Å². The number of nitrogens with one attached hydrogen (secondary N) is 1. The van der Waals surface area contributed by atoms with Crippen LogP contribution in [0.15, 0.2) is 34.1 Å². The topological polar surface area (TPSA) is 12.0 Å². The summed E-state index contributed by atoms with van der Waals surface area (Å²) in [4.78, 5) is 1.28. The zero-order chi connectivity index (χ0) is 13.8. The molecule has 1 aromatic heterocycles. The van der Waals surface area contributed by atoms with Crippen molar-refractivity contribution in [2.75, 3.05) is 6.54 Å². The molecule has 1 nitrogen and oxygen atoms in total. The first-order chi connectivity index (χ1) is 9.13. The first-order valence-electron chi connectivity index (χ1n) is 6.35. The van der Waals surface area contributed by atoms with Crippen LogP contribution >= 0.6 is 38.9 Å². The Morgan fingerprint density at radius 1 is 1.37 bits per heavy atom. The predicted octanol–water partition coefficient (Wildman–Crippen LogP) is 5.56. The van der Waals surface area contributed by atoms with Crippen LogP contribution in [-0.4, -0.2) is 6.54 Å². The minimum absolute atomic E-state index is 0.155. The highest BCUT2D eigenvalue weighted by atomic mass is 79.9. The highest BCUT2D eigenvalue weighted by Crippen LogP contribution is 2.36. The van der Waals surface area contributed by atoms with Gasteiger partial charge in [-0.05, 0) is 64.5 Å². The number of rotatable bonds is 5. The van der Waals surface area contributed by atoms with E-state index in [-0.39, 0.29) is 6.04 Å². The smallest absolute Gasteiger partial charge is 0.0697 e. The Bertz CT molecular complexity index is 553. The molecule has 1 atom stereocenters. The normalized spacial score (nSPS) is 12.6. The van der Waals surface area contributed by atoms with Crippen molar-refractivity contribution in [2.24, 2.45) is 0 Å². The van der Waals surface area contributed by atoms with Gasteiger partial charge in [-0.2, -0.15) is 0 Å². The minimum Gasteiger partial charge on any atom is -0.306 e. The number of hydrogen-bond donors (Lipinski definition) is 1. The van der Waals surface area contributed by atoms with Crippen LogP contribution in [0.4, 0.5) is 0 Å². The number of benzene rings is 1. The van der Waals surface area contributed by atoms with Crippen LogP contribution in [0.5, 0.6) is 0 Å². The van der Waals surface area contributed by atoms with E-state index < -0.39 is 0 Å². The van der Waals surface area contributed by atoms with Crippen molar-refractivity contribution in [3.63, 3.8) is 0 Å². The summed E-state index contributed by atoms with van der Waals surface area (Å²) in [5, 5.41) is 6.51. The Morgan fingerprint density at radius 2 is 2.16 bits per heavy atom. The van der Waals surface area contributed by atoms with Gasteiger partial charge in [0.05, 0.1) is 6.04 Å². The lowest BCUT2D eigenvalue weighted by Crippen LogP contribution is -2.23. The van der Waals surface area contributed by atoms with Crippen molar-refractivity contribution in [1.29, 1.82) is 0 Å². The largest absolute Gasteiger partial charge is 0.306 e. The molecular weight excluding hydrogens is 342 g/mol. The fraction of sp³-hybridized carbons (Fsp3) is 0.333. The van der Waals surface area contributed by atoms with Crippen molar-refractivity contribution < 1.29 is 0 Å². The van der Waals surface area contributed by atoms with Gasteiger partial charge < -0.3 is 5.32 Å². The van der Waals surface area contributed by atoms with Gasteiger partial charge in [-0.25, -0.2) is 0 Å². The van der Waals surface area contributed by atoms with Crippen molar-refractivity contribution >= 4 is 38.9 Å². The van der Waals surface area contributed by atoms with Gasteiger partial charge in [-0.15, -0.1) is 11.3 Å². The molecule has 19 heavy (non-hydrogen) atoms. The van der Waals surface area contributed by atoms with Crippen molar-refractivity contribution in [2.45, 2.75) is 26.3 Å². The van der Waals surface area contributed by atoms with Crippen molar-refractivity contribution in [3.8, 4) is 0 Å². The highest BCUT2D eigenvalue weighted by Gasteiger charge is 2.19. The number of hydrogen-bond acceptors (Lipinski definition) is 2. The van der Waals surface area contributed by atoms with Gasteiger partial charge >= 0.3 is 0 Å². The molecule has 0 fully saturated rings. The average molecular weight is 359 g/mol. The van der Waals surface area contributed by atoms with E-state index in [1.54, 1.807) is 11.3 Å². The third-order valence-electron chi connectivity index (χ3n) is 2.97. The van der Waals surface area contributed by atoms with Gasteiger partial charge in [0.15, 0.2) is 0 Å². The minimum atomic E-state index is 0.155.